The molecule has 2 aromatic rings. The lowest BCUT2D eigenvalue weighted by Crippen LogP contribution is -2.16. The molecule has 0 aliphatic carbocycles. The minimum Gasteiger partial charge on any atom is -0.449 e. The summed E-state index contributed by atoms with van der Waals surface area (Å²) in [4.78, 5) is 36.8. The van der Waals surface area contributed by atoms with Crippen molar-refractivity contribution in [3.05, 3.63) is 59.7 Å². The molecule has 2 unspecified atom stereocenters. The van der Waals surface area contributed by atoms with Crippen molar-refractivity contribution in [3.8, 4) is 0 Å². The molecule has 2 atom stereocenters. The second kappa shape index (κ2) is 20.2. The quantitative estimate of drug-likeness (QED) is 0.102. The van der Waals surface area contributed by atoms with E-state index in [0.717, 1.165) is 38.5 Å². The van der Waals surface area contributed by atoms with Crippen LogP contribution in [0, 0.1) is 0 Å². The summed E-state index contributed by atoms with van der Waals surface area (Å²) in [5.41, 5.74) is 2.46. The maximum absolute atomic E-state index is 12.5. The summed E-state index contributed by atoms with van der Waals surface area (Å²) in [7, 11) is 0. The van der Waals surface area contributed by atoms with E-state index in [1.165, 1.54) is 25.7 Å². The first-order valence-corrected chi connectivity index (χ1v) is 15.3. The third-order valence-electron chi connectivity index (χ3n) is 6.71. The van der Waals surface area contributed by atoms with E-state index in [1.807, 2.05) is 0 Å². The molecule has 0 saturated heterocycles. The van der Waals surface area contributed by atoms with Crippen molar-refractivity contribution in [3.63, 3.8) is 0 Å². The molecule has 2 N–H and O–H groups in total. The molecule has 0 aliphatic heterocycles. The van der Waals surface area contributed by atoms with E-state index in [1.54, 1.807) is 62.4 Å². The molecular weight excluding hydrogens is 536 g/mol. The normalized spacial score (nSPS) is 12.1. The Labute approximate surface area is 250 Å². The molecule has 2 amide bonds. The highest BCUT2D eigenvalue weighted by atomic mass is 16.7. The number of rotatable bonds is 18. The van der Waals surface area contributed by atoms with Crippen molar-refractivity contribution >= 4 is 29.7 Å². The predicted octanol–water partition coefficient (Wildman–Crippen LogP) is 9.70. The zero-order chi connectivity index (χ0) is 30.6. The van der Waals surface area contributed by atoms with E-state index < -0.39 is 30.5 Å². The Kier molecular flexibility index (Phi) is 16.6. The molecule has 0 aromatic heterocycles. The summed E-state index contributed by atoms with van der Waals surface area (Å²) in [5, 5.41) is 5.43. The number of benzene rings is 2. The van der Waals surface area contributed by atoms with Gasteiger partial charge in [0.2, 0.25) is 0 Å². The molecule has 9 nitrogen and oxygen atoms in total. The molecule has 0 radical (unpaired) electrons. The van der Waals surface area contributed by atoms with Gasteiger partial charge in [-0.25, -0.2) is 14.4 Å². The summed E-state index contributed by atoms with van der Waals surface area (Å²) in [6, 6.07) is 14.1. The predicted molar refractivity (Wildman–Crippen MR) is 165 cm³/mol. The number of hydrogen-bond donors (Lipinski definition) is 2. The largest absolute Gasteiger partial charge is 0.509 e. The lowest BCUT2D eigenvalue weighted by molar-refractivity contribution is 0.00625. The number of anilines is 2. The second-order valence-electron chi connectivity index (χ2n) is 10.4. The van der Waals surface area contributed by atoms with Crippen LogP contribution < -0.4 is 10.6 Å². The Bertz CT molecular complexity index is 1010. The average molecular weight is 585 g/mol. The van der Waals surface area contributed by atoms with Gasteiger partial charge in [0, 0.05) is 11.4 Å². The second-order valence-corrected chi connectivity index (χ2v) is 10.4. The van der Waals surface area contributed by atoms with E-state index in [2.05, 4.69) is 24.5 Å². The van der Waals surface area contributed by atoms with Gasteiger partial charge in [0.1, 0.15) is 12.2 Å². The number of ether oxygens (including phenoxy) is 4. The zero-order valence-corrected chi connectivity index (χ0v) is 25.6. The van der Waals surface area contributed by atoms with Crippen molar-refractivity contribution < 1.29 is 33.3 Å². The smallest absolute Gasteiger partial charge is 0.449 e. The van der Waals surface area contributed by atoms with Crippen molar-refractivity contribution in [2.24, 2.45) is 0 Å². The van der Waals surface area contributed by atoms with Gasteiger partial charge in [-0.2, -0.15) is 0 Å². The molecule has 0 saturated carbocycles. The fraction of sp³-hybridized carbons (Fsp3) is 0.545. The Hall–Kier alpha value is -3.75. The van der Waals surface area contributed by atoms with Crippen LogP contribution in [0.2, 0.25) is 0 Å². The van der Waals surface area contributed by atoms with Crippen LogP contribution in [0.25, 0.3) is 0 Å². The summed E-state index contributed by atoms with van der Waals surface area (Å²) in [6.07, 6.45) is 7.64. The first kappa shape index (κ1) is 34.5. The lowest BCUT2D eigenvalue weighted by Gasteiger charge is -2.18. The highest BCUT2D eigenvalue weighted by Gasteiger charge is 2.18. The molecule has 2 rings (SSSR count). The van der Waals surface area contributed by atoms with Crippen LogP contribution in [-0.4, -0.2) is 31.6 Å². The van der Waals surface area contributed by atoms with Gasteiger partial charge in [0.15, 0.2) is 0 Å². The molecule has 0 aliphatic rings. The van der Waals surface area contributed by atoms with Gasteiger partial charge in [-0.05, 0) is 62.1 Å². The first-order valence-electron chi connectivity index (χ1n) is 15.3. The average Bonchev–Trinajstić information content (AvgIpc) is 2.97. The molecule has 0 heterocycles. The van der Waals surface area contributed by atoms with Gasteiger partial charge in [-0.1, -0.05) is 89.5 Å². The molecule has 9 heteroatoms. The molecule has 42 heavy (non-hydrogen) atoms. The van der Waals surface area contributed by atoms with E-state index in [0.29, 0.717) is 35.7 Å². The Morgan fingerprint density at radius 2 is 1.02 bits per heavy atom. The van der Waals surface area contributed by atoms with Crippen LogP contribution in [0.15, 0.2) is 48.5 Å². The Morgan fingerprint density at radius 3 is 1.43 bits per heavy atom. The molecular formula is C33H48N2O7. The SMILES string of the molecule is CCCCCCCOC(=O)Nc1cccc(C(C)OC(=O)OC(C)c2cccc(NC(=O)OCCCCCCC)c2)c1. The van der Waals surface area contributed by atoms with Gasteiger partial charge < -0.3 is 18.9 Å². The van der Waals surface area contributed by atoms with Crippen LogP contribution >= 0.6 is 0 Å². The minimum absolute atomic E-state index is 0.376. The monoisotopic (exact) mass is 584 g/mol. The maximum Gasteiger partial charge on any atom is 0.509 e. The van der Waals surface area contributed by atoms with Gasteiger partial charge >= 0.3 is 18.3 Å². The van der Waals surface area contributed by atoms with Gasteiger partial charge in [-0.15, -0.1) is 0 Å². The summed E-state index contributed by atoms with van der Waals surface area (Å²) in [5.74, 6) is 0. The topological polar surface area (TPSA) is 112 Å². The number of carbonyl (C=O) groups excluding carboxylic acids is 3. The van der Waals surface area contributed by atoms with Crippen LogP contribution in [0.5, 0.6) is 0 Å². The third kappa shape index (κ3) is 14.2. The van der Waals surface area contributed by atoms with Crippen LogP contribution in [-0.2, 0) is 18.9 Å². The van der Waals surface area contributed by atoms with Crippen LogP contribution in [0.1, 0.15) is 115 Å². The van der Waals surface area contributed by atoms with Gasteiger partial charge in [0.05, 0.1) is 13.2 Å². The highest BCUT2D eigenvalue weighted by Crippen LogP contribution is 2.25. The van der Waals surface area contributed by atoms with E-state index in [4.69, 9.17) is 18.9 Å². The number of amides is 2. The molecule has 2 aromatic carbocycles. The lowest BCUT2D eigenvalue weighted by atomic mass is 10.1. The number of hydrogen-bond acceptors (Lipinski definition) is 7. The van der Waals surface area contributed by atoms with Gasteiger partial charge in [0.25, 0.3) is 0 Å². The van der Waals surface area contributed by atoms with E-state index >= 15 is 0 Å². The van der Waals surface area contributed by atoms with Crippen LogP contribution in [0.4, 0.5) is 25.8 Å². The Balaban J connectivity index is 1.79. The molecule has 0 bridgehead atoms. The fourth-order valence-corrected chi connectivity index (χ4v) is 4.24. The van der Waals surface area contributed by atoms with Gasteiger partial charge in [-0.3, -0.25) is 10.6 Å². The summed E-state index contributed by atoms with van der Waals surface area (Å²) in [6.45, 7) is 8.51. The summed E-state index contributed by atoms with van der Waals surface area (Å²) >= 11 is 0. The van der Waals surface area contributed by atoms with Crippen molar-refractivity contribution in [2.45, 2.75) is 104 Å². The number of carbonyl (C=O) groups is 3. The van der Waals surface area contributed by atoms with E-state index in [9.17, 15) is 14.4 Å². The van der Waals surface area contributed by atoms with E-state index in [-0.39, 0.29) is 0 Å². The molecule has 232 valence electrons. The minimum atomic E-state index is -0.836. The van der Waals surface area contributed by atoms with Crippen molar-refractivity contribution in [1.29, 1.82) is 0 Å². The standard InChI is InChI=1S/C33H48N2O7/c1-5-7-9-11-13-21-39-31(36)34-29-19-15-17-27(23-29)25(3)41-33(38)42-26(4)28-18-16-20-30(24-28)35-32(37)40-22-14-12-10-8-6-2/h15-20,23-26H,5-14,21-22H2,1-4H3,(H,34,36)(H,35,37). The number of nitrogens with one attached hydrogen (secondary N) is 2. The zero-order valence-electron chi connectivity index (χ0n) is 25.6. The highest BCUT2D eigenvalue weighted by molar-refractivity contribution is 5.85. The number of unbranched alkanes of at least 4 members (excludes halogenated alkanes) is 8. The van der Waals surface area contributed by atoms with Crippen molar-refractivity contribution in [1.82, 2.24) is 0 Å². The van der Waals surface area contributed by atoms with Crippen molar-refractivity contribution in [2.75, 3.05) is 23.8 Å². The first-order chi connectivity index (χ1) is 20.3. The summed E-state index contributed by atoms with van der Waals surface area (Å²) < 4.78 is 21.5. The van der Waals surface area contributed by atoms with Crippen LogP contribution in [0.3, 0.4) is 0 Å². The molecule has 0 spiro atoms. The third-order valence-corrected chi connectivity index (χ3v) is 6.71. The maximum atomic E-state index is 12.5. The Morgan fingerprint density at radius 1 is 0.619 bits per heavy atom. The molecule has 0 fully saturated rings. The fourth-order valence-electron chi connectivity index (χ4n) is 4.24.